The molecule has 1 fully saturated rings. The molecule has 1 N–H and O–H groups in total. The van der Waals surface area contributed by atoms with Crippen LogP contribution in [0, 0.1) is 11.8 Å². The number of amides is 3. The van der Waals surface area contributed by atoms with E-state index in [1.807, 2.05) is 54.6 Å². The van der Waals surface area contributed by atoms with Gasteiger partial charge in [-0.1, -0.05) is 42.5 Å². The highest BCUT2D eigenvalue weighted by Gasteiger charge is 2.46. The fourth-order valence-corrected chi connectivity index (χ4v) is 4.09. The second-order valence-corrected chi connectivity index (χ2v) is 7.93. The van der Waals surface area contributed by atoms with Gasteiger partial charge in [-0.3, -0.25) is 19.3 Å². The molecule has 4 rings (SSSR count). The second kappa shape index (κ2) is 9.60. The van der Waals surface area contributed by atoms with Gasteiger partial charge in [-0.25, -0.2) is 0 Å². The summed E-state index contributed by atoms with van der Waals surface area (Å²) in [5.41, 5.74) is 1.77. The first-order chi connectivity index (χ1) is 15.1. The largest absolute Gasteiger partial charge is 0.489 e. The molecule has 0 saturated carbocycles. The van der Waals surface area contributed by atoms with Crippen molar-refractivity contribution in [3.05, 3.63) is 72.3 Å². The average molecular weight is 418 g/mol. The van der Waals surface area contributed by atoms with Crippen LogP contribution in [-0.2, 0) is 21.0 Å². The first kappa shape index (κ1) is 20.8. The zero-order chi connectivity index (χ0) is 21.6. The summed E-state index contributed by atoms with van der Waals surface area (Å²) in [7, 11) is 0. The first-order valence-electron chi connectivity index (χ1n) is 10.7. The molecule has 3 amide bonds. The first-order valence-corrected chi connectivity index (χ1v) is 10.7. The van der Waals surface area contributed by atoms with E-state index in [0.29, 0.717) is 38.1 Å². The average Bonchev–Trinajstić information content (AvgIpc) is 3.04. The Hall–Kier alpha value is -3.41. The summed E-state index contributed by atoms with van der Waals surface area (Å²) in [6.07, 6.45) is 5.92. The molecule has 2 aromatic carbocycles. The van der Waals surface area contributed by atoms with E-state index < -0.39 is 0 Å². The molecule has 2 atom stereocenters. The normalized spacial score (nSPS) is 19.9. The summed E-state index contributed by atoms with van der Waals surface area (Å²) in [6.45, 7) is 0.780. The van der Waals surface area contributed by atoms with Crippen molar-refractivity contribution in [2.24, 2.45) is 11.8 Å². The molecular formula is C25H26N2O4. The van der Waals surface area contributed by atoms with Gasteiger partial charge in [0.15, 0.2) is 0 Å². The van der Waals surface area contributed by atoms with Crippen LogP contribution < -0.4 is 10.1 Å². The molecule has 0 spiro atoms. The van der Waals surface area contributed by atoms with E-state index in [1.165, 1.54) is 4.90 Å². The van der Waals surface area contributed by atoms with Crippen LogP contribution in [0.2, 0.25) is 0 Å². The molecule has 0 aromatic heterocycles. The fraction of sp³-hybridized carbons (Fsp3) is 0.320. The number of hydrogen-bond donors (Lipinski definition) is 1. The summed E-state index contributed by atoms with van der Waals surface area (Å²) in [6, 6.07) is 17.1. The third kappa shape index (κ3) is 5.02. The van der Waals surface area contributed by atoms with E-state index >= 15 is 0 Å². The van der Waals surface area contributed by atoms with Crippen molar-refractivity contribution in [3.8, 4) is 5.75 Å². The smallest absolute Gasteiger partial charge is 0.233 e. The standard InChI is InChI=1S/C25H26N2O4/c28-23(11-6-16-27-24(29)21-9-4-5-10-22(21)25(27)30)26-19-12-14-20(15-13-19)31-17-18-7-2-1-3-8-18/h1-5,7-8,12-15,21-22H,6,9-11,16-17H2,(H,26,28)/t21-,22+. The van der Waals surface area contributed by atoms with Crippen molar-refractivity contribution in [1.82, 2.24) is 4.90 Å². The van der Waals surface area contributed by atoms with Gasteiger partial charge >= 0.3 is 0 Å². The van der Waals surface area contributed by atoms with Gasteiger partial charge in [-0.15, -0.1) is 0 Å². The lowest BCUT2D eigenvalue weighted by molar-refractivity contribution is -0.140. The number of anilines is 1. The van der Waals surface area contributed by atoms with E-state index in [0.717, 1.165) is 11.3 Å². The summed E-state index contributed by atoms with van der Waals surface area (Å²) < 4.78 is 5.75. The molecule has 1 aliphatic heterocycles. The van der Waals surface area contributed by atoms with Crippen LogP contribution in [0.1, 0.15) is 31.2 Å². The Labute approximate surface area is 181 Å². The maximum absolute atomic E-state index is 12.5. The molecule has 1 saturated heterocycles. The van der Waals surface area contributed by atoms with Gasteiger partial charge in [-0.2, -0.15) is 0 Å². The number of ether oxygens (including phenoxy) is 1. The van der Waals surface area contributed by atoms with Gasteiger partial charge in [0.2, 0.25) is 17.7 Å². The molecule has 2 aliphatic rings. The van der Waals surface area contributed by atoms with Gasteiger partial charge in [0.1, 0.15) is 12.4 Å². The van der Waals surface area contributed by atoms with Gasteiger partial charge < -0.3 is 10.1 Å². The van der Waals surface area contributed by atoms with Crippen molar-refractivity contribution in [2.45, 2.75) is 32.3 Å². The lowest BCUT2D eigenvalue weighted by Crippen LogP contribution is -2.32. The number of benzene rings is 2. The number of carbonyl (C=O) groups excluding carboxylic acids is 3. The van der Waals surface area contributed by atoms with Crippen LogP contribution in [0.5, 0.6) is 5.75 Å². The number of fused-ring (bicyclic) bond motifs is 1. The quantitative estimate of drug-likeness (QED) is 0.521. The van der Waals surface area contributed by atoms with Crippen molar-refractivity contribution < 1.29 is 19.1 Å². The lowest BCUT2D eigenvalue weighted by atomic mass is 9.85. The van der Waals surface area contributed by atoms with Crippen molar-refractivity contribution in [3.63, 3.8) is 0 Å². The van der Waals surface area contributed by atoms with Gasteiger partial charge in [0, 0.05) is 18.7 Å². The Morgan fingerprint density at radius 3 is 2.23 bits per heavy atom. The highest BCUT2D eigenvalue weighted by atomic mass is 16.5. The molecule has 1 aliphatic carbocycles. The fourth-order valence-electron chi connectivity index (χ4n) is 4.09. The number of allylic oxidation sites excluding steroid dienone is 2. The molecule has 0 radical (unpaired) electrons. The van der Waals surface area contributed by atoms with Crippen molar-refractivity contribution in [1.29, 1.82) is 0 Å². The SMILES string of the molecule is O=C(CCCN1C(=O)[C@H]2CC=CC[C@H]2C1=O)Nc1ccc(OCc2ccccc2)cc1. The maximum atomic E-state index is 12.5. The zero-order valence-electron chi connectivity index (χ0n) is 17.3. The topological polar surface area (TPSA) is 75.7 Å². The molecule has 0 bridgehead atoms. The predicted molar refractivity (Wildman–Crippen MR) is 117 cm³/mol. The summed E-state index contributed by atoms with van der Waals surface area (Å²) in [5.74, 6) is -0.0281. The van der Waals surface area contributed by atoms with Gasteiger partial charge in [0.25, 0.3) is 0 Å². The Balaban J connectivity index is 1.20. The summed E-state index contributed by atoms with van der Waals surface area (Å²) >= 11 is 0. The van der Waals surface area contributed by atoms with E-state index in [1.54, 1.807) is 12.1 Å². The number of nitrogens with zero attached hydrogens (tertiary/aromatic N) is 1. The summed E-state index contributed by atoms with van der Waals surface area (Å²) in [4.78, 5) is 38.5. The summed E-state index contributed by atoms with van der Waals surface area (Å²) in [5, 5.41) is 2.85. The highest BCUT2D eigenvalue weighted by Crippen LogP contribution is 2.35. The third-order valence-electron chi connectivity index (χ3n) is 5.77. The minimum absolute atomic E-state index is 0.0918. The number of hydrogen-bond acceptors (Lipinski definition) is 4. The number of nitrogens with one attached hydrogen (secondary N) is 1. The number of imide groups is 1. The van der Waals surface area contributed by atoms with E-state index in [4.69, 9.17) is 4.74 Å². The van der Waals surface area contributed by atoms with Crippen molar-refractivity contribution in [2.75, 3.05) is 11.9 Å². The number of carbonyl (C=O) groups is 3. The van der Waals surface area contributed by atoms with Crippen molar-refractivity contribution >= 4 is 23.4 Å². The Bertz CT molecular complexity index is 943. The maximum Gasteiger partial charge on any atom is 0.233 e. The lowest BCUT2D eigenvalue weighted by Gasteiger charge is -2.14. The van der Waals surface area contributed by atoms with E-state index in [9.17, 15) is 14.4 Å². The molecule has 2 aromatic rings. The Morgan fingerprint density at radius 1 is 0.935 bits per heavy atom. The van der Waals surface area contributed by atoms with Gasteiger partial charge in [0.05, 0.1) is 11.8 Å². The van der Waals surface area contributed by atoms with Crippen LogP contribution in [0.15, 0.2) is 66.7 Å². The number of likely N-dealkylation sites (tertiary alicyclic amines) is 1. The molecule has 1 heterocycles. The van der Waals surface area contributed by atoms with Crippen LogP contribution in [0.4, 0.5) is 5.69 Å². The predicted octanol–water partition coefficient (Wildman–Crippen LogP) is 3.94. The molecule has 6 heteroatoms. The van der Waals surface area contributed by atoms with Crippen LogP contribution in [0.25, 0.3) is 0 Å². The molecule has 6 nitrogen and oxygen atoms in total. The number of rotatable bonds is 8. The molecule has 160 valence electrons. The Kier molecular flexibility index (Phi) is 6.46. The minimum Gasteiger partial charge on any atom is -0.489 e. The highest BCUT2D eigenvalue weighted by molar-refractivity contribution is 6.05. The van der Waals surface area contributed by atoms with Crippen LogP contribution >= 0.6 is 0 Å². The minimum atomic E-state index is -0.214. The Morgan fingerprint density at radius 2 is 1.58 bits per heavy atom. The second-order valence-electron chi connectivity index (χ2n) is 7.93. The zero-order valence-corrected chi connectivity index (χ0v) is 17.3. The molecule has 0 unspecified atom stereocenters. The van der Waals surface area contributed by atoms with Gasteiger partial charge in [-0.05, 0) is 49.1 Å². The monoisotopic (exact) mass is 418 g/mol. The van der Waals surface area contributed by atoms with E-state index in [-0.39, 0.29) is 36.0 Å². The van der Waals surface area contributed by atoms with Crippen LogP contribution in [-0.4, -0.2) is 29.2 Å². The van der Waals surface area contributed by atoms with Crippen LogP contribution in [0.3, 0.4) is 0 Å². The van der Waals surface area contributed by atoms with E-state index in [2.05, 4.69) is 5.32 Å². The molecule has 31 heavy (non-hydrogen) atoms. The third-order valence-corrected chi connectivity index (χ3v) is 5.77. The molecular weight excluding hydrogens is 392 g/mol.